The summed E-state index contributed by atoms with van der Waals surface area (Å²) >= 11 is 0. The van der Waals surface area contributed by atoms with Gasteiger partial charge >= 0.3 is 0 Å². The molecular formula is C21H24N6O2. The number of hydrogen-bond donors (Lipinski definition) is 0. The summed E-state index contributed by atoms with van der Waals surface area (Å²) in [6.07, 6.45) is 7.52. The van der Waals surface area contributed by atoms with Crippen molar-refractivity contribution in [2.24, 2.45) is 7.05 Å². The van der Waals surface area contributed by atoms with Gasteiger partial charge in [0.15, 0.2) is 5.69 Å². The maximum atomic E-state index is 13.4. The number of aryl methyl sites for hydroxylation is 1. The molecule has 3 heterocycles. The first-order valence-electron chi connectivity index (χ1n) is 10.3. The summed E-state index contributed by atoms with van der Waals surface area (Å²) in [5.41, 5.74) is 1.03. The average molecular weight is 392 g/mol. The van der Waals surface area contributed by atoms with E-state index in [1.165, 1.54) is 4.68 Å². The molecule has 1 aromatic carbocycles. The van der Waals surface area contributed by atoms with Crippen LogP contribution in [0.2, 0.25) is 0 Å². The summed E-state index contributed by atoms with van der Waals surface area (Å²) in [6, 6.07) is 7.44. The summed E-state index contributed by atoms with van der Waals surface area (Å²) in [6.45, 7) is 0.632. The molecule has 0 radical (unpaired) electrons. The minimum absolute atomic E-state index is 0.0105. The molecule has 1 saturated carbocycles. The van der Waals surface area contributed by atoms with Gasteiger partial charge in [0.25, 0.3) is 11.5 Å². The van der Waals surface area contributed by atoms with Crippen LogP contribution >= 0.6 is 0 Å². The van der Waals surface area contributed by atoms with Crippen LogP contribution in [-0.4, -0.2) is 41.9 Å². The van der Waals surface area contributed by atoms with Gasteiger partial charge in [-0.05, 0) is 37.8 Å². The van der Waals surface area contributed by atoms with Crippen molar-refractivity contribution in [2.45, 2.75) is 50.6 Å². The van der Waals surface area contributed by atoms with Gasteiger partial charge in [-0.2, -0.15) is 0 Å². The molecule has 0 bridgehead atoms. The number of nitrogens with zero attached hydrogens (tertiary/aromatic N) is 6. The second kappa shape index (κ2) is 7.09. The topological polar surface area (TPSA) is 85.9 Å². The standard InChI is InChI=1S/C21H24N6O2/c1-25-13-17(23-24-25)21(29)26-12-6-11-18(26)19-22-16-10-5-4-9-15(16)20(28)27(19)14-7-2-3-8-14/h4-5,9-10,13-14,18H,2-3,6-8,11-12H2,1H3. The summed E-state index contributed by atoms with van der Waals surface area (Å²) < 4.78 is 3.42. The van der Waals surface area contributed by atoms with Crippen LogP contribution in [0.4, 0.5) is 0 Å². The van der Waals surface area contributed by atoms with E-state index in [2.05, 4.69) is 10.3 Å². The van der Waals surface area contributed by atoms with Gasteiger partial charge in [0.1, 0.15) is 5.82 Å². The molecular weight excluding hydrogens is 368 g/mol. The normalized spacial score (nSPS) is 20.0. The lowest BCUT2D eigenvalue weighted by Gasteiger charge is -2.28. The Hall–Kier alpha value is -3.03. The zero-order valence-corrected chi connectivity index (χ0v) is 16.5. The fraction of sp³-hybridized carbons (Fsp3) is 0.476. The second-order valence-electron chi connectivity index (χ2n) is 8.03. The smallest absolute Gasteiger partial charge is 0.276 e. The molecule has 1 amide bonds. The van der Waals surface area contributed by atoms with Gasteiger partial charge in [0.05, 0.1) is 23.1 Å². The van der Waals surface area contributed by atoms with E-state index in [1.54, 1.807) is 13.2 Å². The number of hydrogen-bond acceptors (Lipinski definition) is 5. The van der Waals surface area contributed by atoms with Gasteiger partial charge in [-0.15, -0.1) is 5.10 Å². The van der Waals surface area contributed by atoms with E-state index >= 15 is 0 Å². The molecule has 2 aromatic heterocycles. The number of likely N-dealkylation sites (tertiary alicyclic amines) is 1. The lowest BCUT2D eigenvalue weighted by Crippen LogP contribution is -2.36. The number of fused-ring (bicyclic) bond motifs is 1. The maximum Gasteiger partial charge on any atom is 0.276 e. The minimum atomic E-state index is -0.220. The molecule has 8 nitrogen and oxygen atoms in total. The van der Waals surface area contributed by atoms with E-state index in [1.807, 2.05) is 33.7 Å². The summed E-state index contributed by atoms with van der Waals surface area (Å²) in [5.74, 6) is 0.566. The van der Waals surface area contributed by atoms with E-state index in [-0.39, 0.29) is 23.6 Å². The van der Waals surface area contributed by atoms with Crippen molar-refractivity contribution in [1.82, 2.24) is 29.4 Å². The highest BCUT2D eigenvalue weighted by atomic mass is 16.2. The van der Waals surface area contributed by atoms with E-state index in [0.29, 0.717) is 23.1 Å². The van der Waals surface area contributed by atoms with Crippen molar-refractivity contribution < 1.29 is 4.79 Å². The molecule has 150 valence electrons. The molecule has 1 aliphatic carbocycles. The van der Waals surface area contributed by atoms with E-state index < -0.39 is 0 Å². The first kappa shape index (κ1) is 18.0. The van der Waals surface area contributed by atoms with Crippen molar-refractivity contribution in [3.05, 3.63) is 52.3 Å². The van der Waals surface area contributed by atoms with Crippen LogP contribution in [0.1, 0.15) is 66.9 Å². The molecule has 2 fully saturated rings. The van der Waals surface area contributed by atoms with Crippen LogP contribution in [-0.2, 0) is 7.05 Å². The van der Waals surface area contributed by atoms with Gasteiger partial charge in [-0.1, -0.05) is 30.2 Å². The highest BCUT2D eigenvalue weighted by Gasteiger charge is 2.36. The van der Waals surface area contributed by atoms with Gasteiger partial charge in [-0.25, -0.2) is 4.98 Å². The molecule has 3 aromatic rings. The summed E-state index contributed by atoms with van der Waals surface area (Å²) in [7, 11) is 1.74. The van der Waals surface area contributed by atoms with Crippen LogP contribution in [0, 0.1) is 0 Å². The molecule has 0 N–H and O–H groups in total. The predicted octanol–water partition coefficient (Wildman–Crippen LogP) is 2.62. The Kier molecular flexibility index (Phi) is 4.41. The second-order valence-corrected chi connectivity index (χ2v) is 8.03. The minimum Gasteiger partial charge on any atom is -0.327 e. The Morgan fingerprint density at radius 2 is 1.90 bits per heavy atom. The molecule has 2 aliphatic rings. The van der Waals surface area contributed by atoms with Crippen LogP contribution in [0.15, 0.2) is 35.3 Å². The van der Waals surface area contributed by atoms with Crippen molar-refractivity contribution in [2.75, 3.05) is 6.54 Å². The Bertz CT molecular complexity index is 1130. The van der Waals surface area contributed by atoms with Crippen molar-refractivity contribution in [1.29, 1.82) is 0 Å². The SMILES string of the molecule is Cn1cc(C(=O)N2CCCC2c2nc3ccccc3c(=O)n2C2CCCC2)nn1. The van der Waals surface area contributed by atoms with E-state index in [4.69, 9.17) is 4.98 Å². The largest absolute Gasteiger partial charge is 0.327 e. The lowest BCUT2D eigenvalue weighted by molar-refractivity contribution is 0.0719. The number of amides is 1. The molecule has 29 heavy (non-hydrogen) atoms. The van der Waals surface area contributed by atoms with Crippen molar-refractivity contribution >= 4 is 16.8 Å². The Morgan fingerprint density at radius 3 is 2.66 bits per heavy atom. The van der Waals surface area contributed by atoms with Crippen LogP contribution in [0.5, 0.6) is 0 Å². The van der Waals surface area contributed by atoms with Gasteiger partial charge in [0, 0.05) is 19.6 Å². The number of aromatic nitrogens is 5. The number of para-hydroxylation sites is 1. The van der Waals surface area contributed by atoms with Gasteiger partial charge in [0.2, 0.25) is 0 Å². The molecule has 8 heteroatoms. The van der Waals surface area contributed by atoms with Crippen molar-refractivity contribution in [3.63, 3.8) is 0 Å². The number of benzene rings is 1. The first-order valence-corrected chi connectivity index (χ1v) is 10.3. The fourth-order valence-corrected chi connectivity index (χ4v) is 4.78. The van der Waals surface area contributed by atoms with Crippen LogP contribution in [0.25, 0.3) is 10.9 Å². The average Bonchev–Trinajstić information content (AvgIpc) is 3.49. The van der Waals surface area contributed by atoms with E-state index in [0.717, 1.165) is 44.3 Å². The number of rotatable bonds is 3. The maximum absolute atomic E-state index is 13.4. The van der Waals surface area contributed by atoms with Crippen LogP contribution in [0.3, 0.4) is 0 Å². The third kappa shape index (κ3) is 3.03. The highest BCUT2D eigenvalue weighted by molar-refractivity contribution is 5.92. The third-order valence-electron chi connectivity index (χ3n) is 6.16. The predicted molar refractivity (Wildman–Crippen MR) is 108 cm³/mol. The zero-order valence-electron chi connectivity index (χ0n) is 16.5. The molecule has 1 unspecified atom stereocenters. The summed E-state index contributed by atoms with van der Waals surface area (Å²) in [5, 5.41) is 8.53. The van der Waals surface area contributed by atoms with Gasteiger partial charge < -0.3 is 4.90 Å². The molecule has 0 spiro atoms. The number of carbonyl (C=O) groups excluding carboxylic acids is 1. The van der Waals surface area contributed by atoms with E-state index in [9.17, 15) is 9.59 Å². The molecule has 5 rings (SSSR count). The molecule has 1 aliphatic heterocycles. The fourth-order valence-electron chi connectivity index (χ4n) is 4.78. The van der Waals surface area contributed by atoms with Crippen molar-refractivity contribution in [3.8, 4) is 0 Å². The third-order valence-corrected chi connectivity index (χ3v) is 6.16. The Balaban J connectivity index is 1.63. The monoisotopic (exact) mass is 392 g/mol. The molecule has 1 atom stereocenters. The summed E-state index contributed by atoms with van der Waals surface area (Å²) in [4.78, 5) is 33.3. The highest BCUT2D eigenvalue weighted by Crippen LogP contribution is 2.36. The van der Waals surface area contributed by atoms with Gasteiger partial charge in [-0.3, -0.25) is 18.8 Å². The molecule has 1 saturated heterocycles. The first-order chi connectivity index (χ1) is 14.1. The number of carbonyl (C=O) groups is 1. The zero-order chi connectivity index (χ0) is 20.0. The lowest BCUT2D eigenvalue weighted by atomic mass is 10.1. The quantitative estimate of drug-likeness (QED) is 0.684. The Labute approximate surface area is 168 Å². The Morgan fingerprint density at radius 1 is 1.10 bits per heavy atom. The van der Waals surface area contributed by atoms with Crippen LogP contribution < -0.4 is 5.56 Å².